The molecule has 0 amide bonds. The second-order valence-corrected chi connectivity index (χ2v) is 7.09. The van der Waals surface area contributed by atoms with E-state index in [4.69, 9.17) is 11.6 Å². The molecule has 0 saturated carbocycles. The second kappa shape index (κ2) is 5.95. The van der Waals surface area contributed by atoms with Crippen LogP contribution in [0.15, 0.2) is 88.7 Å². The molecule has 4 heteroatoms. The monoisotopic (exact) mass is 328 g/mol. The van der Waals surface area contributed by atoms with Gasteiger partial charge in [0.1, 0.15) is 0 Å². The van der Waals surface area contributed by atoms with E-state index in [1.807, 2.05) is 30.3 Å². The van der Waals surface area contributed by atoms with E-state index in [9.17, 15) is 8.42 Å². The molecule has 0 N–H and O–H groups in total. The molecule has 0 heterocycles. The standard InChI is InChI=1S/C18H13ClO2S/c19-17-13-7-12-16(14-8-3-1-4-9-14)18(17)22(20,21)15-10-5-2-6-11-15/h1-13H. The van der Waals surface area contributed by atoms with Crippen LogP contribution in [0.2, 0.25) is 5.02 Å². The zero-order valence-corrected chi connectivity index (χ0v) is 13.2. The summed E-state index contributed by atoms with van der Waals surface area (Å²) in [6, 6.07) is 22.8. The summed E-state index contributed by atoms with van der Waals surface area (Å²) in [5.74, 6) is 0. The fourth-order valence-corrected chi connectivity index (χ4v) is 4.38. The SMILES string of the molecule is O=S(=O)(c1ccccc1)c1c(Cl)cccc1-c1ccccc1. The topological polar surface area (TPSA) is 34.1 Å². The minimum atomic E-state index is -3.68. The van der Waals surface area contributed by atoms with Crippen molar-refractivity contribution in [2.24, 2.45) is 0 Å². The van der Waals surface area contributed by atoms with Gasteiger partial charge in [0.05, 0.1) is 14.8 Å². The molecule has 3 aromatic carbocycles. The lowest BCUT2D eigenvalue weighted by Crippen LogP contribution is -2.04. The molecule has 0 aliphatic heterocycles. The first-order chi connectivity index (χ1) is 10.6. The molecular formula is C18H13ClO2S. The molecule has 0 bridgehead atoms. The minimum Gasteiger partial charge on any atom is -0.218 e. The van der Waals surface area contributed by atoms with Crippen molar-refractivity contribution in [3.05, 3.63) is 83.9 Å². The fourth-order valence-electron chi connectivity index (χ4n) is 2.34. The first kappa shape index (κ1) is 14.8. The molecule has 3 rings (SSSR count). The van der Waals surface area contributed by atoms with Gasteiger partial charge in [0.2, 0.25) is 9.84 Å². The van der Waals surface area contributed by atoms with Crippen molar-refractivity contribution in [1.82, 2.24) is 0 Å². The molecule has 22 heavy (non-hydrogen) atoms. The number of halogens is 1. The van der Waals surface area contributed by atoms with Crippen molar-refractivity contribution in [2.45, 2.75) is 9.79 Å². The molecule has 110 valence electrons. The molecule has 0 aromatic heterocycles. The molecular weight excluding hydrogens is 316 g/mol. The Morgan fingerprint density at radius 1 is 0.682 bits per heavy atom. The summed E-state index contributed by atoms with van der Waals surface area (Å²) in [7, 11) is -3.68. The lowest BCUT2D eigenvalue weighted by atomic mass is 10.1. The first-order valence-corrected chi connectivity index (χ1v) is 8.61. The maximum Gasteiger partial charge on any atom is 0.208 e. The summed E-state index contributed by atoms with van der Waals surface area (Å²) < 4.78 is 25.9. The van der Waals surface area contributed by atoms with E-state index in [1.54, 1.807) is 48.5 Å². The van der Waals surface area contributed by atoms with Crippen LogP contribution in [0.1, 0.15) is 0 Å². The van der Waals surface area contributed by atoms with E-state index in [1.165, 1.54) is 0 Å². The van der Waals surface area contributed by atoms with Gasteiger partial charge in [-0.2, -0.15) is 0 Å². The van der Waals surface area contributed by atoms with Crippen LogP contribution in [-0.4, -0.2) is 8.42 Å². The van der Waals surface area contributed by atoms with E-state index >= 15 is 0 Å². The van der Waals surface area contributed by atoms with Crippen LogP contribution in [0.4, 0.5) is 0 Å². The van der Waals surface area contributed by atoms with Gasteiger partial charge >= 0.3 is 0 Å². The fraction of sp³-hybridized carbons (Fsp3) is 0. The maximum absolute atomic E-state index is 13.0. The van der Waals surface area contributed by atoms with Gasteiger partial charge in [0.15, 0.2) is 0 Å². The molecule has 0 spiro atoms. The first-order valence-electron chi connectivity index (χ1n) is 6.75. The van der Waals surface area contributed by atoms with E-state index in [0.29, 0.717) is 5.56 Å². The molecule has 0 atom stereocenters. The third-order valence-electron chi connectivity index (χ3n) is 3.37. The molecule has 0 aliphatic rings. The summed E-state index contributed by atoms with van der Waals surface area (Å²) in [5, 5.41) is 0.227. The summed E-state index contributed by atoms with van der Waals surface area (Å²) in [6.45, 7) is 0. The molecule has 0 fully saturated rings. The minimum absolute atomic E-state index is 0.147. The van der Waals surface area contributed by atoms with E-state index in [-0.39, 0.29) is 14.8 Å². The quantitative estimate of drug-likeness (QED) is 0.689. The number of sulfone groups is 1. The van der Waals surface area contributed by atoms with Crippen molar-refractivity contribution in [1.29, 1.82) is 0 Å². The van der Waals surface area contributed by atoms with Crippen molar-refractivity contribution in [3.8, 4) is 11.1 Å². The smallest absolute Gasteiger partial charge is 0.208 e. The van der Waals surface area contributed by atoms with Gasteiger partial charge in [-0.15, -0.1) is 0 Å². The Balaban J connectivity index is 2.28. The zero-order chi connectivity index (χ0) is 15.6. The molecule has 0 aliphatic carbocycles. The van der Waals surface area contributed by atoms with Crippen molar-refractivity contribution < 1.29 is 8.42 Å². The van der Waals surface area contributed by atoms with Crippen LogP contribution >= 0.6 is 11.6 Å². The third-order valence-corrected chi connectivity index (χ3v) is 5.67. The van der Waals surface area contributed by atoms with Gasteiger partial charge < -0.3 is 0 Å². The molecule has 0 saturated heterocycles. The Hall–Kier alpha value is -2.10. The summed E-state index contributed by atoms with van der Waals surface area (Å²) in [5.41, 5.74) is 1.43. The summed E-state index contributed by atoms with van der Waals surface area (Å²) >= 11 is 6.23. The van der Waals surface area contributed by atoms with Crippen LogP contribution in [0.5, 0.6) is 0 Å². The highest BCUT2D eigenvalue weighted by atomic mass is 35.5. The zero-order valence-electron chi connectivity index (χ0n) is 11.6. The van der Waals surface area contributed by atoms with Crippen LogP contribution in [-0.2, 0) is 9.84 Å². The summed E-state index contributed by atoms with van der Waals surface area (Å²) in [4.78, 5) is 0.384. The maximum atomic E-state index is 13.0. The van der Waals surface area contributed by atoms with Crippen LogP contribution in [0.3, 0.4) is 0 Å². The highest BCUT2D eigenvalue weighted by Crippen LogP contribution is 2.36. The molecule has 0 unspecified atom stereocenters. The van der Waals surface area contributed by atoms with E-state index < -0.39 is 9.84 Å². The third kappa shape index (κ3) is 2.65. The van der Waals surface area contributed by atoms with Gasteiger partial charge in [-0.3, -0.25) is 0 Å². The van der Waals surface area contributed by atoms with Gasteiger partial charge in [0, 0.05) is 5.56 Å². The second-order valence-electron chi connectivity index (χ2n) is 4.80. The normalized spacial score (nSPS) is 11.3. The van der Waals surface area contributed by atoms with Gasteiger partial charge in [-0.1, -0.05) is 72.3 Å². The number of rotatable bonds is 3. The van der Waals surface area contributed by atoms with Gasteiger partial charge in [-0.05, 0) is 23.8 Å². The Kier molecular flexibility index (Phi) is 4.01. The van der Waals surface area contributed by atoms with Crippen molar-refractivity contribution in [2.75, 3.05) is 0 Å². The van der Waals surface area contributed by atoms with E-state index in [0.717, 1.165) is 5.56 Å². The Labute approximate surface area is 134 Å². The lowest BCUT2D eigenvalue weighted by Gasteiger charge is -2.12. The van der Waals surface area contributed by atoms with Crippen molar-refractivity contribution in [3.63, 3.8) is 0 Å². The van der Waals surface area contributed by atoms with Crippen LogP contribution in [0, 0.1) is 0 Å². The highest BCUT2D eigenvalue weighted by molar-refractivity contribution is 7.91. The lowest BCUT2D eigenvalue weighted by molar-refractivity contribution is 0.596. The number of benzene rings is 3. The molecule has 0 radical (unpaired) electrons. The van der Waals surface area contributed by atoms with E-state index in [2.05, 4.69) is 0 Å². The molecule has 3 aromatic rings. The Bertz CT molecular complexity index is 889. The van der Waals surface area contributed by atoms with Crippen molar-refractivity contribution >= 4 is 21.4 Å². The average Bonchev–Trinajstić information content (AvgIpc) is 2.56. The predicted molar refractivity (Wildman–Crippen MR) is 88.8 cm³/mol. The Morgan fingerprint density at radius 2 is 1.27 bits per heavy atom. The largest absolute Gasteiger partial charge is 0.218 e. The summed E-state index contributed by atoms with van der Waals surface area (Å²) in [6.07, 6.45) is 0. The Morgan fingerprint density at radius 3 is 1.91 bits per heavy atom. The number of hydrogen-bond donors (Lipinski definition) is 0. The predicted octanol–water partition coefficient (Wildman–Crippen LogP) is 4.84. The van der Waals surface area contributed by atoms with Crippen LogP contribution < -0.4 is 0 Å². The number of hydrogen-bond acceptors (Lipinski definition) is 2. The average molecular weight is 329 g/mol. The van der Waals surface area contributed by atoms with Gasteiger partial charge in [0.25, 0.3) is 0 Å². The highest BCUT2D eigenvalue weighted by Gasteiger charge is 2.24. The van der Waals surface area contributed by atoms with Crippen LogP contribution in [0.25, 0.3) is 11.1 Å². The van der Waals surface area contributed by atoms with Gasteiger partial charge in [-0.25, -0.2) is 8.42 Å². The molecule has 2 nitrogen and oxygen atoms in total.